The van der Waals surface area contributed by atoms with Crippen molar-refractivity contribution >= 4 is 29.6 Å². The molecule has 1 radical (unpaired) electrons. The quantitative estimate of drug-likeness (QED) is 0.470. The number of rotatable bonds is 7. The van der Waals surface area contributed by atoms with Gasteiger partial charge in [-0.1, -0.05) is 69.4 Å². The topological polar surface area (TPSA) is 0 Å². The van der Waals surface area contributed by atoms with E-state index in [2.05, 4.69) is 37.3 Å². The van der Waals surface area contributed by atoms with Crippen molar-refractivity contribution in [3.63, 3.8) is 0 Å². The molecule has 1 aromatic rings. The Kier molecular flexibility index (Phi) is 10.9. The fourth-order valence-corrected chi connectivity index (χ4v) is 1.75. The molecule has 0 saturated heterocycles. The van der Waals surface area contributed by atoms with Crippen molar-refractivity contribution in [2.75, 3.05) is 0 Å². The fourth-order valence-electron chi connectivity index (χ4n) is 1.75. The SMILES string of the molecule is CCCCCCCCc1ccccc1.[Na]. The second kappa shape index (κ2) is 10.7. The molecule has 0 aromatic heterocycles. The molecule has 0 nitrogen and oxygen atoms in total. The minimum atomic E-state index is 0. The second-order valence-electron chi connectivity index (χ2n) is 4.00. The van der Waals surface area contributed by atoms with E-state index in [1.807, 2.05) is 0 Å². The molecule has 1 rings (SSSR count). The van der Waals surface area contributed by atoms with Crippen LogP contribution in [0.4, 0.5) is 0 Å². The minimum absolute atomic E-state index is 0. The van der Waals surface area contributed by atoms with Crippen molar-refractivity contribution in [1.29, 1.82) is 0 Å². The average molecular weight is 213 g/mol. The smallest absolute Gasteiger partial charge is 0 e. The van der Waals surface area contributed by atoms with Gasteiger partial charge in [-0.3, -0.25) is 0 Å². The third-order valence-corrected chi connectivity index (χ3v) is 2.66. The first-order chi connectivity index (χ1) is 6.93. The van der Waals surface area contributed by atoms with E-state index in [1.165, 1.54) is 50.5 Å². The number of hydrogen-bond acceptors (Lipinski definition) is 0. The molecule has 0 saturated carbocycles. The molecular weight excluding hydrogens is 191 g/mol. The van der Waals surface area contributed by atoms with Crippen LogP contribution in [-0.4, -0.2) is 29.6 Å². The van der Waals surface area contributed by atoms with E-state index < -0.39 is 0 Å². The van der Waals surface area contributed by atoms with Crippen molar-refractivity contribution in [3.8, 4) is 0 Å². The van der Waals surface area contributed by atoms with Crippen LogP contribution in [0.15, 0.2) is 30.3 Å². The molecule has 0 aliphatic heterocycles. The van der Waals surface area contributed by atoms with Gasteiger partial charge in [-0.25, -0.2) is 0 Å². The molecule has 1 aromatic carbocycles. The Morgan fingerprint density at radius 1 is 0.800 bits per heavy atom. The van der Waals surface area contributed by atoms with Gasteiger partial charge in [0.1, 0.15) is 0 Å². The third kappa shape index (κ3) is 8.07. The van der Waals surface area contributed by atoms with Crippen LogP contribution < -0.4 is 0 Å². The Morgan fingerprint density at radius 3 is 2.07 bits per heavy atom. The Balaban J connectivity index is 0.00000196. The average Bonchev–Trinajstić information content (AvgIpc) is 2.25. The van der Waals surface area contributed by atoms with Gasteiger partial charge in [0.25, 0.3) is 0 Å². The number of benzene rings is 1. The maximum atomic E-state index is 2.27. The molecule has 1 heteroatoms. The van der Waals surface area contributed by atoms with Crippen LogP contribution >= 0.6 is 0 Å². The summed E-state index contributed by atoms with van der Waals surface area (Å²) in [6.45, 7) is 2.27. The van der Waals surface area contributed by atoms with E-state index in [9.17, 15) is 0 Å². The molecule has 0 fully saturated rings. The summed E-state index contributed by atoms with van der Waals surface area (Å²) in [5.74, 6) is 0. The van der Waals surface area contributed by atoms with Crippen molar-refractivity contribution in [1.82, 2.24) is 0 Å². The predicted molar refractivity (Wildman–Crippen MR) is 69.3 cm³/mol. The summed E-state index contributed by atoms with van der Waals surface area (Å²) in [5, 5.41) is 0. The first-order valence-electron chi connectivity index (χ1n) is 5.97. The van der Waals surface area contributed by atoms with Crippen LogP contribution in [0.25, 0.3) is 0 Å². The summed E-state index contributed by atoms with van der Waals surface area (Å²) >= 11 is 0. The van der Waals surface area contributed by atoms with Crippen molar-refractivity contribution in [3.05, 3.63) is 35.9 Å². The van der Waals surface area contributed by atoms with Gasteiger partial charge in [0.2, 0.25) is 0 Å². The third-order valence-electron chi connectivity index (χ3n) is 2.66. The van der Waals surface area contributed by atoms with Gasteiger partial charge in [-0.15, -0.1) is 0 Å². The number of aryl methyl sites for hydroxylation is 1. The monoisotopic (exact) mass is 213 g/mol. The van der Waals surface area contributed by atoms with Gasteiger partial charge in [-0.2, -0.15) is 0 Å². The Bertz CT molecular complexity index is 218. The summed E-state index contributed by atoms with van der Waals surface area (Å²) < 4.78 is 0. The molecule has 0 aliphatic rings. The van der Waals surface area contributed by atoms with Gasteiger partial charge in [-0.05, 0) is 18.4 Å². The van der Waals surface area contributed by atoms with E-state index in [0.717, 1.165) is 0 Å². The van der Waals surface area contributed by atoms with E-state index >= 15 is 0 Å². The maximum absolute atomic E-state index is 2.27. The van der Waals surface area contributed by atoms with Crippen LogP contribution in [0, 0.1) is 0 Å². The van der Waals surface area contributed by atoms with Gasteiger partial charge in [0.15, 0.2) is 0 Å². The Labute approximate surface area is 117 Å². The molecule has 0 unspecified atom stereocenters. The molecule has 79 valence electrons. The van der Waals surface area contributed by atoms with E-state index in [1.54, 1.807) is 0 Å². The molecule has 0 N–H and O–H groups in total. The maximum Gasteiger partial charge on any atom is 0 e. The Morgan fingerprint density at radius 2 is 1.40 bits per heavy atom. The van der Waals surface area contributed by atoms with Crippen LogP contribution in [0.1, 0.15) is 51.0 Å². The van der Waals surface area contributed by atoms with Crippen LogP contribution in [0.3, 0.4) is 0 Å². The van der Waals surface area contributed by atoms with Gasteiger partial charge < -0.3 is 0 Å². The largest absolute Gasteiger partial charge is 0.0654 e. The van der Waals surface area contributed by atoms with E-state index in [0.29, 0.717) is 0 Å². The predicted octanol–water partition coefficient (Wildman–Crippen LogP) is 4.21. The summed E-state index contributed by atoms with van der Waals surface area (Å²) in [6.07, 6.45) is 9.60. The fraction of sp³-hybridized carbons (Fsp3) is 0.571. The summed E-state index contributed by atoms with van der Waals surface area (Å²) in [4.78, 5) is 0. The second-order valence-corrected chi connectivity index (χ2v) is 4.00. The standard InChI is InChI=1S/C14H22.Na/c1-2-3-4-5-6-8-11-14-12-9-7-10-13-14;/h7,9-10,12-13H,2-6,8,11H2,1H3;. The van der Waals surface area contributed by atoms with Crippen LogP contribution in [-0.2, 0) is 6.42 Å². The summed E-state index contributed by atoms with van der Waals surface area (Å²) in [5.41, 5.74) is 1.49. The zero-order valence-corrected chi connectivity index (χ0v) is 12.3. The minimum Gasteiger partial charge on any atom is -0.0654 e. The summed E-state index contributed by atoms with van der Waals surface area (Å²) in [7, 11) is 0. The van der Waals surface area contributed by atoms with Gasteiger partial charge in [0.05, 0.1) is 0 Å². The van der Waals surface area contributed by atoms with Crippen molar-refractivity contribution in [2.24, 2.45) is 0 Å². The first kappa shape index (κ1) is 15.2. The van der Waals surface area contributed by atoms with Crippen molar-refractivity contribution in [2.45, 2.75) is 51.9 Å². The molecule has 0 amide bonds. The zero-order chi connectivity index (χ0) is 10.1. The van der Waals surface area contributed by atoms with Crippen molar-refractivity contribution < 1.29 is 0 Å². The van der Waals surface area contributed by atoms with Crippen LogP contribution in [0.2, 0.25) is 0 Å². The van der Waals surface area contributed by atoms with Crippen LogP contribution in [0.5, 0.6) is 0 Å². The molecule has 0 spiro atoms. The molecule has 0 heterocycles. The van der Waals surface area contributed by atoms with Gasteiger partial charge in [0, 0.05) is 29.6 Å². The first-order valence-corrected chi connectivity index (χ1v) is 5.97. The number of unbranched alkanes of at least 4 members (excludes halogenated alkanes) is 5. The molecule has 0 bridgehead atoms. The molecule has 15 heavy (non-hydrogen) atoms. The van der Waals surface area contributed by atoms with E-state index in [4.69, 9.17) is 0 Å². The zero-order valence-electron chi connectivity index (χ0n) is 10.3. The normalized spacial score (nSPS) is 9.67. The molecule has 0 atom stereocenters. The summed E-state index contributed by atoms with van der Waals surface area (Å²) in [6, 6.07) is 10.8. The molecular formula is C14H22Na. The molecule has 0 aliphatic carbocycles. The van der Waals surface area contributed by atoms with Gasteiger partial charge >= 0.3 is 0 Å². The van der Waals surface area contributed by atoms with E-state index in [-0.39, 0.29) is 29.6 Å². The Hall–Kier alpha value is 0.220. The number of hydrogen-bond donors (Lipinski definition) is 0.